The number of carbonyl (C=O) groups excluding carboxylic acids is 2. The third-order valence-electron chi connectivity index (χ3n) is 3.54. The molecule has 1 atom stereocenters. The first-order chi connectivity index (χ1) is 10.8. The van der Waals surface area contributed by atoms with Crippen LogP contribution >= 0.6 is 22.0 Å². The lowest BCUT2D eigenvalue weighted by molar-refractivity contribution is -0.121. The first-order valence-electron chi connectivity index (χ1n) is 6.68. The number of ketones is 2. The van der Waals surface area contributed by atoms with E-state index in [1.807, 2.05) is 0 Å². The molecule has 24 heavy (non-hydrogen) atoms. The molecule has 132 valence electrons. The zero-order chi connectivity index (χ0) is 18.4. The van der Waals surface area contributed by atoms with Crippen LogP contribution in [0, 0.1) is 23.2 Å². The summed E-state index contributed by atoms with van der Waals surface area (Å²) in [6, 6.07) is 2.47. The van der Waals surface area contributed by atoms with Gasteiger partial charge < -0.3 is 0 Å². The van der Waals surface area contributed by atoms with Crippen LogP contribution < -0.4 is 0 Å². The molecule has 0 saturated heterocycles. The molecule has 1 aromatic rings. The number of nitriles is 1. The molecule has 1 aliphatic rings. The van der Waals surface area contributed by atoms with Crippen molar-refractivity contribution >= 4 is 33.6 Å². The Hall–Kier alpha value is -1.60. The van der Waals surface area contributed by atoms with Crippen LogP contribution in [0.15, 0.2) is 28.0 Å². The van der Waals surface area contributed by atoms with E-state index in [0.717, 1.165) is 0 Å². The Morgan fingerprint density at radius 1 is 1.25 bits per heavy atom. The van der Waals surface area contributed by atoms with E-state index in [4.69, 9.17) is 5.26 Å². The van der Waals surface area contributed by atoms with Gasteiger partial charge in [0.1, 0.15) is 4.90 Å². The van der Waals surface area contributed by atoms with E-state index < -0.39 is 32.6 Å². The van der Waals surface area contributed by atoms with Gasteiger partial charge in [0.05, 0.1) is 6.07 Å². The molecule has 0 aliphatic heterocycles. The van der Waals surface area contributed by atoms with Crippen molar-refractivity contribution in [3.05, 3.63) is 23.8 Å². The van der Waals surface area contributed by atoms with Gasteiger partial charge in [-0.15, -0.1) is 11.8 Å². The molecule has 0 aromatic heterocycles. The van der Waals surface area contributed by atoms with Crippen molar-refractivity contribution in [1.29, 1.82) is 5.26 Å². The van der Waals surface area contributed by atoms with Gasteiger partial charge in [-0.2, -0.15) is 5.26 Å². The summed E-state index contributed by atoms with van der Waals surface area (Å²) in [5.41, 5.74) is -0.339. The Morgan fingerprint density at radius 3 is 2.25 bits per heavy atom. The SMILES string of the molecule is CSc1cc(S(F)(F)(F)(F)F)ccc1C(=O)C(C#N)C(=O)C1CC1. The highest BCUT2D eigenvalue weighted by molar-refractivity contribution is 8.45. The minimum absolute atomic E-state index is 0.116. The van der Waals surface area contributed by atoms with Gasteiger partial charge in [-0.3, -0.25) is 9.59 Å². The van der Waals surface area contributed by atoms with Gasteiger partial charge >= 0.3 is 10.2 Å². The lowest BCUT2D eigenvalue weighted by Crippen LogP contribution is -2.24. The van der Waals surface area contributed by atoms with Crippen LogP contribution in [0.5, 0.6) is 0 Å². The summed E-state index contributed by atoms with van der Waals surface area (Å²) in [5.74, 6) is -3.56. The molecule has 0 radical (unpaired) electrons. The first-order valence-corrected chi connectivity index (χ1v) is 9.86. The van der Waals surface area contributed by atoms with Gasteiger partial charge in [0.25, 0.3) is 0 Å². The standard InChI is InChI=1S/C14H12F5NO2S2/c1-23-12-6-9(24(15,16,17,18)19)4-5-10(12)14(22)11(7-20)13(21)8-2-3-8/h4-6,8,11H,2-3H2,1H3. The lowest BCUT2D eigenvalue weighted by atomic mass is 9.92. The number of carbonyl (C=O) groups is 2. The summed E-state index contributed by atoms with van der Waals surface area (Å²) >= 11 is 0.659. The number of Topliss-reactive ketones (excluding diaryl/α,β-unsaturated/α-hetero) is 2. The van der Waals surface area contributed by atoms with E-state index >= 15 is 0 Å². The van der Waals surface area contributed by atoms with E-state index in [1.54, 1.807) is 6.07 Å². The molecule has 0 N–H and O–H groups in total. The predicted molar refractivity (Wildman–Crippen MR) is 80.8 cm³/mol. The molecule has 10 heteroatoms. The Balaban J connectivity index is 2.46. The minimum atomic E-state index is -9.87. The average Bonchev–Trinajstić information content (AvgIpc) is 3.29. The Bertz CT molecular complexity index is 766. The van der Waals surface area contributed by atoms with Gasteiger partial charge in [-0.05, 0) is 37.3 Å². The van der Waals surface area contributed by atoms with Crippen LogP contribution in [0.25, 0.3) is 0 Å². The minimum Gasteiger partial charge on any atom is -0.297 e. The van der Waals surface area contributed by atoms with Gasteiger partial charge in [0.2, 0.25) is 0 Å². The quantitative estimate of drug-likeness (QED) is 0.286. The van der Waals surface area contributed by atoms with Crippen LogP contribution in [0.1, 0.15) is 23.2 Å². The number of hydrogen-bond acceptors (Lipinski definition) is 4. The number of halogens is 5. The molecule has 1 unspecified atom stereocenters. The van der Waals surface area contributed by atoms with Crippen LogP contribution in [0.4, 0.5) is 19.4 Å². The van der Waals surface area contributed by atoms with Gasteiger partial charge in [-0.25, -0.2) is 0 Å². The van der Waals surface area contributed by atoms with Gasteiger partial charge in [-0.1, -0.05) is 19.4 Å². The molecule has 0 bridgehead atoms. The van der Waals surface area contributed by atoms with Crippen LogP contribution in [-0.2, 0) is 4.79 Å². The van der Waals surface area contributed by atoms with E-state index in [1.165, 1.54) is 6.26 Å². The first kappa shape index (κ1) is 18.7. The molecular weight excluding hydrogens is 373 g/mol. The summed E-state index contributed by atoms with van der Waals surface area (Å²) in [4.78, 5) is 21.8. The van der Waals surface area contributed by atoms with Gasteiger partial charge in [0.15, 0.2) is 17.5 Å². The smallest absolute Gasteiger partial charge is 0.297 e. The molecular formula is C14H12F5NO2S2. The number of rotatable bonds is 6. The second-order valence-corrected chi connectivity index (χ2v) is 8.69. The number of hydrogen-bond donors (Lipinski definition) is 0. The van der Waals surface area contributed by atoms with E-state index in [0.29, 0.717) is 30.7 Å². The molecule has 0 spiro atoms. The molecule has 1 saturated carbocycles. The zero-order valence-electron chi connectivity index (χ0n) is 12.3. The highest BCUT2D eigenvalue weighted by atomic mass is 32.5. The van der Waals surface area contributed by atoms with Crippen LogP contribution in [-0.4, -0.2) is 17.8 Å². The Kier molecular flexibility index (Phi) is 4.06. The van der Waals surface area contributed by atoms with Crippen molar-refractivity contribution in [3.8, 4) is 6.07 Å². The van der Waals surface area contributed by atoms with Crippen LogP contribution in [0.2, 0.25) is 0 Å². The maximum atomic E-state index is 12.9. The number of benzene rings is 1. The predicted octanol–water partition coefficient (Wildman–Crippen LogP) is 5.37. The molecule has 3 nitrogen and oxygen atoms in total. The molecule has 1 fully saturated rings. The van der Waals surface area contributed by atoms with Crippen molar-refractivity contribution in [1.82, 2.24) is 0 Å². The molecule has 0 amide bonds. The third kappa shape index (κ3) is 3.89. The fourth-order valence-corrected chi connectivity index (χ4v) is 3.50. The average molecular weight is 385 g/mol. The monoisotopic (exact) mass is 385 g/mol. The molecule has 1 aliphatic carbocycles. The third-order valence-corrected chi connectivity index (χ3v) is 5.46. The summed E-state index contributed by atoms with van der Waals surface area (Å²) < 4.78 is 64.3. The van der Waals surface area contributed by atoms with Crippen molar-refractivity contribution in [2.24, 2.45) is 11.8 Å². The Morgan fingerprint density at radius 2 is 1.83 bits per heavy atom. The van der Waals surface area contributed by atoms with Crippen molar-refractivity contribution in [2.45, 2.75) is 22.6 Å². The van der Waals surface area contributed by atoms with E-state index in [2.05, 4.69) is 0 Å². The number of thioether (sulfide) groups is 1. The second-order valence-electron chi connectivity index (χ2n) is 5.43. The van der Waals surface area contributed by atoms with Crippen molar-refractivity contribution in [2.75, 3.05) is 6.26 Å². The van der Waals surface area contributed by atoms with Gasteiger partial charge in [0, 0.05) is 16.4 Å². The largest absolute Gasteiger partial charge is 0.310 e. The summed E-state index contributed by atoms with van der Waals surface area (Å²) in [7, 11) is -9.87. The molecule has 2 rings (SSSR count). The zero-order valence-corrected chi connectivity index (χ0v) is 13.9. The summed E-state index contributed by atoms with van der Waals surface area (Å²) in [6.45, 7) is 0. The fraction of sp³-hybridized carbons (Fsp3) is 0.357. The second kappa shape index (κ2) is 5.20. The summed E-state index contributed by atoms with van der Waals surface area (Å²) in [6.07, 6.45) is 2.43. The van der Waals surface area contributed by atoms with E-state index in [9.17, 15) is 29.0 Å². The maximum Gasteiger partial charge on any atom is 0.310 e. The lowest BCUT2D eigenvalue weighted by Gasteiger charge is -2.40. The molecule has 0 heterocycles. The normalized spacial score (nSPS) is 18.9. The highest BCUT2D eigenvalue weighted by Crippen LogP contribution is 3.02. The number of nitrogens with zero attached hydrogens (tertiary/aromatic N) is 1. The topological polar surface area (TPSA) is 57.9 Å². The highest BCUT2D eigenvalue weighted by Gasteiger charge is 2.65. The molecule has 1 aromatic carbocycles. The maximum absolute atomic E-state index is 12.9. The van der Waals surface area contributed by atoms with Crippen molar-refractivity contribution in [3.63, 3.8) is 0 Å². The van der Waals surface area contributed by atoms with Crippen molar-refractivity contribution < 1.29 is 29.0 Å². The summed E-state index contributed by atoms with van der Waals surface area (Å²) in [5, 5.41) is 9.04. The Labute approximate surface area is 138 Å². The van der Waals surface area contributed by atoms with Crippen LogP contribution in [0.3, 0.4) is 0 Å². The fourth-order valence-electron chi connectivity index (χ4n) is 2.13. The van der Waals surface area contributed by atoms with E-state index in [-0.39, 0.29) is 28.5 Å².